The van der Waals surface area contributed by atoms with E-state index in [4.69, 9.17) is 5.73 Å². The maximum atomic E-state index is 5.79. The first-order chi connectivity index (χ1) is 8.95. The molecule has 1 aromatic carbocycles. The van der Waals surface area contributed by atoms with Crippen molar-refractivity contribution in [3.05, 3.63) is 35.4 Å². The zero-order valence-corrected chi connectivity index (χ0v) is 12.6. The van der Waals surface area contributed by atoms with Gasteiger partial charge in [0.2, 0.25) is 0 Å². The Labute approximate surface area is 117 Å². The minimum absolute atomic E-state index is 0.250. The van der Waals surface area contributed by atoms with Crippen LogP contribution in [-0.2, 0) is 11.8 Å². The monoisotopic (exact) mass is 260 g/mol. The Morgan fingerprint density at radius 3 is 2.32 bits per heavy atom. The molecule has 0 atom stereocenters. The van der Waals surface area contributed by atoms with E-state index in [2.05, 4.69) is 50.4 Å². The van der Waals surface area contributed by atoms with Crippen LogP contribution in [0.3, 0.4) is 0 Å². The Kier molecular flexibility index (Phi) is 4.64. The molecular formula is C17H28N2. The highest BCUT2D eigenvalue weighted by Gasteiger charge is 2.24. The van der Waals surface area contributed by atoms with Crippen molar-refractivity contribution in [3.63, 3.8) is 0 Å². The molecular weight excluding hydrogens is 232 g/mol. The van der Waals surface area contributed by atoms with Crippen LogP contribution in [0.1, 0.15) is 44.7 Å². The van der Waals surface area contributed by atoms with Crippen LogP contribution in [0.4, 0.5) is 0 Å². The van der Waals surface area contributed by atoms with Gasteiger partial charge in [0.05, 0.1) is 0 Å². The number of nitrogens with two attached hydrogens (primary N) is 1. The first-order valence-corrected chi connectivity index (χ1v) is 7.51. The van der Waals surface area contributed by atoms with Crippen molar-refractivity contribution in [1.82, 2.24) is 5.32 Å². The average Bonchev–Trinajstić information content (AvgIpc) is 2.31. The molecule has 1 aromatic rings. The predicted molar refractivity (Wildman–Crippen MR) is 82.4 cm³/mol. The van der Waals surface area contributed by atoms with Crippen LogP contribution in [0.5, 0.6) is 0 Å². The van der Waals surface area contributed by atoms with Crippen molar-refractivity contribution >= 4 is 0 Å². The second kappa shape index (κ2) is 6.06. The Balaban J connectivity index is 1.68. The zero-order valence-electron chi connectivity index (χ0n) is 12.6. The molecule has 1 fully saturated rings. The Morgan fingerprint density at radius 1 is 1.16 bits per heavy atom. The van der Waals surface area contributed by atoms with E-state index in [0.717, 1.165) is 25.4 Å². The van der Waals surface area contributed by atoms with Crippen molar-refractivity contribution in [2.75, 3.05) is 13.1 Å². The normalized spacial score (nSPS) is 23.2. The quantitative estimate of drug-likeness (QED) is 0.799. The number of nitrogens with one attached hydrogen (secondary N) is 1. The molecule has 0 heterocycles. The lowest BCUT2D eigenvalue weighted by atomic mass is 9.81. The molecule has 0 radical (unpaired) electrons. The van der Waals surface area contributed by atoms with Gasteiger partial charge in [0.1, 0.15) is 0 Å². The minimum Gasteiger partial charge on any atom is -0.328 e. The molecule has 3 N–H and O–H groups in total. The minimum atomic E-state index is 0.250. The largest absolute Gasteiger partial charge is 0.328 e. The number of hydrogen-bond donors (Lipinski definition) is 2. The molecule has 106 valence electrons. The van der Waals surface area contributed by atoms with Gasteiger partial charge in [-0.25, -0.2) is 0 Å². The van der Waals surface area contributed by atoms with E-state index in [1.165, 1.54) is 24.0 Å². The SMILES string of the molecule is CC(C)(C)c1ccc(CCNCC2CC(N)C2)cc1. The standard InChI is InChI=1S/C17H28N2/c1-17(2,3)15-6-4-13(5-7-15)8-9-19-12-14-10-16(18)11-14/h4-7,14,16,19H,8-12,18H2,1-3H3. The van der Waals surface area contributed by atoms with E-state index in [0.29, 0.717) is 6.04 Å². The fraction of sp³-hybridized carbons (Fsp3) is 0.647. The summed E-state index contributed by atoms with van der Waals surface area (Å²) in [5.74, 6) is 0.818. The Morgan fingerprint density at radius 2 is 1.79 bits per heavy atom. The number of hydrogen-bond acceptors (Lipinski definition) is 2. The molecule has 2 nitrogen and oxygen atoms in total. The second-order valence-electron chi connectivity index (χ2n) is 7.00. The predicted octanol–water partition coefficient (Wildman–Crippen LogP) is 2.85. The van der Waals surface area contributed by atoms with Gasteiger partial charge in [-0.3, -0.25) is 0 Å². The third kappa shape index (κ3) is 4.32. The summed E-state index contributed by atoms with van der Waals surface area (Å²) in [6.07, 6.45) is 3.52. The summed E-state index contributed by atoms with van der Waals surface area (Å²) in [5, 5.41) is 3.55. The zero-order chi connectivity index (χ0) is 13.9. The summed E-state index contributed by atoms with van der Waals surface area (Å²) in [4.78, 5) is 0. The van der Waals surface area contributed by atoms with Gasteiger partial charge < -0.3 is 11.1 Å². The van der Waals surface area contributed by atoms with E-state index < -0.39 is 0 Å². The molecule has 2 heteroatoms. The third-order valence-electron chi connectivity index (χ3n) is 4.12. The van der Waals surface area contributed by atoms with Gasteiger partial charge in [-0.2, -0.15) is 0 Å². The summed E-state index contributed by atoms with van der Waals surface area (Å²) in [6, 6.07) is 9.53. The van der Waals surface area contributed by atoms with Gasteiger partial charge >= 0.3 is 0 Å². The van der Waals surface area contributed by atoms with Crippen molar-refractivity contribution in [1.29, 1.82) is 0 Å². The molecule has 2 rings (SSSR count). The van der Waals surface area contributed by atoms with E-state index in [9.17, 15) is 0 Å². The molecule has 0 aliphatic heterocycles. The summed E-state index contributed by atoms with van der Waals surface area (Å²) < 4.78 is 0. The molecule has 0 saturated heterocycles. The lowest BCUT2D eigenvalue weighted by Gasteiger charge is -2.32. The van der Waals surface area contributed by atoms with Gasteiger partial charge in [0.15, 0.2) is 0 Å². The smallest absolute Gasteiger partial charge is 0.00450 e. The number of benzene rings is 1. The summed E-state index contributed by atoms with van der Waals surface area (Å²) >= 11 is 0. The first kappa shape index (κ1) is 14.5. The van der Waals surface area contributed by atoms with Crippen LogP contribution in [0.2, 0.25) is 0 Å². The van der Waals surface area contributed by atoms with Crippen LogP contribution in [0.15, 0.2) is 24.3 Å². The molecule has 1 aliphatic carbocycles. The molecule has 0 unspecified atom stereocenters. The van der Waals surface area contributed by atoms with Crippen molar-refractivity contribution in [2.45, 2.75) is 51.5 Å². The van der Waals surface area contributed by atoms with Gasteiger partial charge in [0, 0.05) is 6.04 Å². The summed E-state index contributed by atoms with van der Waals surface area (Å²) in [7, 11) is 0. The molecule has 1 aliphatic rings. The van der Waals surface area contributed by atoms with E-state index in [1.54, 1.807) is 0 Å². The number of rotatable bonds is 5. The topological polar surface area (TPSA) is 38.0 Å². The first-order valence-electron chi connectivity index (χ1n) is 7.51. The molecule has 0 aromatic heterocycles. The summed E-state index contributed by atoms with van der Waals surface area (Å²) in [5.41, 5.74) is 8.87. The Bertz CT molecular complexity index is 383. The van der Waals surface area contributed by atoms with Gasteiger partial charge in [0.25, 0.3) is 0 Å². The van der Waals surface area contributed by atoms with Crippen LogP contribution >= 0.6 is 0 Å². The summed E-state index contributed by atoms with van der Waals surface area (Å²) in [6.45, 7) is 8.97. The fourth-order valence-corrected chi connectivity index (χ4v) is 2.66. The van der Waals surface area contributed by atoms with Crippen molar-refractivity contribution < 1.29 is 0 Å². The molecule has 0 amide bonds. The third-order valence-corrected chi connectivity index (χ3v) is 4.12. The lowest BCUT2D eigenvalue weighted by molar-refractivity contribution is 0.257. The van der Waals surface area contributed by atoms with E-state index in [1.807, 2.05) is 0 Å². The average molecular weight is 260 g/mol. The maximum Gasteiger partial charge on any atom is 0.00450 e. The van der Waals surface area contributed by atoms with Crippen LogP contribution < -0.4 is 11.1 Å². The van der Waals surface area contributed by atoms with Crippen LogP contribution in [-0.4, -0.2) is 19.1 Å². The second-order valence-corrected chi connectivity index (χ2v) is 7.00. The van der Waals surface area contributed by atoms with Gasteiger partial charge in [-0.1, -0.05) is 45.0 Å². The van der Waals surface area contributed by atoms with Crippen molar-refractivity contribution in [3.8, 4) is 0 Å². The highest BCUT2D eigenvalue weighted by Crippen LogP contribution is 2.24. The molecule has 19 heavy (non-hydrogen) atoms. The lowest BCUT2D eigenvalue weighted by Crippen LogP contribution is -2.41. The maximum absolute atomic E-state index is 5.79. The van der Waals surface area contributed by atoms with E-state index in [-0.39, 0.29) is 5.41 Å². The highest BCUT2D eigenvalue weighted by atomic mass is 14.9. The van der Waals surface area contributed by atoms with E-state index >= 15 is 0 Å². The molecule has 0 bridgehead atoms. The highest BCUT2D eigenvalue weighted by molar-refractivity contribution is 5.27. The molecule has 1 saturated carbocycles. The van der Waals surface area contributed by atoms with Gasteiger partial charge in [-0.15, -0.1) is 0 Å². The molecule has 0 spiro atoms. The van der Waals surface area contributed by atoms with Crippen LogP contribution in [0, 0.1) is 5.92 Å². The van der Waals surface area contributed by atoms with Crippen molar-refractivity contribution in [2.24, 2.45) is 11.7 Å². The van der Waals surface area contributed by atoms with Gasteiger partial charge in [-0.05, 0) is 54.8 Å². The Hall–Kier alpha value is -0.860. The fourth-order valence-electron chi connectivity index (χ4n) is 2.66. The van der Waals surface area contributed by atoms with Crippen LogP contribution in [0.25, 0.3) is 0 Å².